The highest BCUT2D eigenvalue weighted by Crippen LogP contribution is 2.39. The molecule has 4 aromatic carbocycles. The first-order chi connectivity index (χ1) is 24.7. The lowest BCUT2D eigenvalue weighted by Gasteiger charge is -2.25. The van der Waals surface area contributed by atoms with E-state index in [9.17, 15) is 19.7 Å². The van der Waals surface area contributed by atoms with Crippen molar-refractivity contribution in [2.24, 2.45) is 4.99 Å². The number of methoxy groups -OCH3 is 2. The Morgan fingerprint density at radius 3 is 2.24 bits per heavy atom. The summed E-state index contributed by atoms with van der Waals surface area (Å²) in [4.78, 5) is 44.0. The van der Waals surface area contributed by atoms with Gasteiger partial charge in [0.15, 0.2) is 4.80 Å². The summed E-state index contributed by atoms with van der Waals surface area (Å²) in [5.41, 5.74) is 5.48. The highest BCUT2D eigenvalue weighted by atomic mass is 35.5. The van der Waals surface area contributed by atoms with E-state index in [0.717, 1.165) is 28.1 Å². The Bertz CT molecular complexity index is 2540. The Kier molecular flexibility index (Phi) is 8.99. The molecule has 0 amide bonds. The van der Waals surface area contributed by atoms with E-state index < -0.39 is 16.9 Å². The number of hydrogen-bond donors (Lipinski definition) is 0. The molecular weight excluding hydrogens is 688 g/mol. The number of thiazole rings is 1. The van der Waals surface area contributed by atoms with Gasteiger partial charge in [0.25, 0.3) is 11.2 Å². The van der Waals surface area contributed by atoms with Crippen molar-refractivity contribution in [3.8, 4) is 34.0 Å². The summed E-state index contributed by atoms with van der Waals surface area (Å²) in [6.45, 7) is 1.71. The van der Waals surface area contributed by atoms with Crippen molar-refractivity contribution < 1.29 is 19.2 Å². The second-order valence-corrected chi connectivity index (χ2v) is 13.1. The van der Waals surface area contributed by atoms with Crippen molar-refractivity contribution in [3.05, 3.63) is 166 Å². The number of carbonyl (C=O) groups is 1. The van der Waals surface area contributed by atoms with Crippen molar-refractivity contribution in [1.29, 1.82) is 0 Å². The molecule has 0 aliphatic carbocycles. The molecule has 1 atom stereocenters. The molecule has 51 heavy (non-hydrogen) atoms. The second-order valence-electron chi connectivity index (χ2n) is 11.6. The zero-order valence-electron chi connectivity index (χ0n) is 27.6. The summed E-state index contributed by atoms with van der Waals surface area (Å²) >= 11 is 7.65. The average Bonchev–Trinajstić information content (AvgIpc) is 3.68. The number of non-ortho nitro benzene ring substituents is 1. The molecule has 0 N–H and O–H groups in total. The predicted molar refractivity (Wildman–Crippen MR) is 197 cm³/mol. The lowest BCUT2D eigenvalue weighted by molar-refractivity contribution is -0.384. The smallest absolute Gasteiger partial charge is 0.338 e. The van der Waals surface area contributed by atoms with Gasteiger partial charge in [0.2, 0.25) is 0 Å². The fraction of sp³-hybridized carbons (Fsp3) is 0.103. The van der Waals surface area contributed by atoms with Crippen molar-refractivity contribution in [3.63, 3.8) is 0 Å². The molecule has 10 nitrogen and oxygen atoms in total. The number of ether oxygens (including phenoxy) is 2. The lowest BCUT2D eigenvalue weighted by Crippen LogP contribution is -2.40. The standard InChI is InChI=1S/C39H29ClN4O6S/c1-23-34(38(46)50-3)36(30-22-27(40)14-19-32(30)49-2)43-37(45)33(51-39(43)41-23)21-26-20-31(24-10-6-4-7-11-24)42(35(26)25-12-8-5-9-13-25)28-15-17-29(18-16-28)44(47)48/h4-22,36H,1-3H3/b33-21-/t36-/m0/s1. The van der Waals surface area contributed by atoms with Gasteiger partial charge >= 0.3 is 5.97 Å². The molecular formula is C39H29ClN4O6S. The largest absolute Gasteiger partial charge is 0.496 e. The van der Waals surface area contributed by atoms with E-state index in [1.54, 1.807) is 37.3 Å². The third-order valence-corrected chi connectivity index (χ3v) is 9.88. The maximum atomic E-state index is 14.6. The van der Waals surface area contributed by atoms with Crippen LogP contribution in [0.1, 0.15) is 24.1 Å². The van der Waals surface area contributed by atoms with Crippen LogP contribution in [0.2, 0.25) is 5.02 Å². The predicted octanol–water partition coefficient (Wildman–Crippen LogP) is 7.10. The topological polar surface area (TPSA) is 118 Å². The summed E-state index contributed by atoms with van der Waals surface area (Å²) in [6.07, 6.45) is 1.82. The van der Waals surface area contributed by atoms with Gasteiger partial charge in [-0.3, -0.25) is 19.5 Å². The number of nitro benzene ring substituents is 1. The van der Waals surface area contributed by atoms with Crippen LogP contribution in [0.25, 0.3) is 34.3 Å². The molecule has 6 aromatic rings. The third kappa shape index (κ3) is 6.07. The van der Waals surface area contributed by atoms with Gasteiger partial charge in [-0.05, 0) is 60.5 Å². The number of hydrogen-bond acceptors (Lipinski definition) is 8. The number of allylic oxidation sites excluding steroid dienone is 1. The molecule has 0 spiro atoms. The minimum atomic E-state index is -0.928. The fourth-order valence-corrected chi connectivity index (χ4v) is 7.61. The molecule has 12 heteroatoms. The monoisotopic (exact) mass is 716 g/mol. The summed E-state index contributed by atoms with van der Waals surface area (Å²) in [5, 5.41) is 11.9. The van der Waals surface area contributed by atoms with Crippen LogP contribution in [0.3, 0.4) is 0 Å². The summed E-state index contributed by atoms with van der Waals surface area (Å²) < 4.78 is 14.7. The fourth-order valence-electron chi connectivity index (χ4n) is 6.39. The number of halogens is 1. The van der Waals surface area contributed by atoms with E-state index >= 15 is 0 Å². The molecule has 254 valence electrons. The maximum absolute atomic E-state index is 14.6. The Morgan fingerprint density at radius 1 is 0.941 bits per heavy atom. The first-order valence-electron chi connectivity index (χ1n) is 15.8. The molecule has 2 aromatic heterocycles. The summed E-state index contributed by atoms with van der Waals surface area (Å²) in [5.74, 6) is -0.189. The molecule has 0 radical (unpaired) electrons. The van der Waals surface area contributed by atoms with Crippen molar-refractivity contribution >= 4 is 40.7 Å². The van der Waals surface area contributed by atoms with E-state index in [2.05, 4.69) is 0 Å². The third-order valence-electron chi connectivity index (χ3n) is 8.67. The normalized spacial score (nSPS) is 14.2. The van der Waals surface area contributed by atoms with E-state index in [-0.39, 0.29) is 16.8 Å². The Hall–Kier alpha value is -6.04. The molecule has 0 fully saturated rings. The first kappa shape index (κ1) is 33.5. The second kappa shape index (κ2) is 13.7. The SMILES string of the molecule is COC(=O)C1=C(C)N=c2s/c(=C\c3cc(-c4ccccc4)n(-c4ccc([N+](=O)[O-])cc4)c3-c3ccccc3)c(=O)n2[C@H]1c1cc(Cl)ccc1OC. The van der Waals surface area contributed by atoms with Crippen molar-refractivity contribution in [2.45, 2.75) is 13.0 Å². The quantitative estimate of drug-likeness (QED) is 0.0942. The van der Waals surface area contributed by atoms with Gasteiger partial charge in [0.05, 0.1) is 46.3 Å². The van der Waals surface area contributed by atoms with Crippen LogP contribution in [0.4, 0.5) is 5.69 Å². The van der Waals surface area contributed by atoms with E-state index in [0.29, 0.717) is 37.1 Å². The highest BCUT2D eigenvalue weighted by Gasteiger charge is 2.35. The lowest BCUT2D eigenvalue weighted by atomic mass is 9.95. The van der Waals surface area contributed by atoms with Gasteiger partial charge in [0.1, 0.15) is 11.8 Å². The molecule has 0 saturated carbocycles. The van der Waals surface area contributed by atoms with Gasteiger partial charge in [-0.25, -0.2) is 9.79 Å². The van der Waals surface area contributed by atoms with Crippen LogP contribution >= 0.6 is 22.9 Å². The Labute approximate surface area is 300 Å². The molecule has 3 heterocycles. The number of nitrogens with zero attached hydrogens (tertiary/aromatic N) is 4. The van der Waals surface area contributed by atoms with Crippen LogP contribution in [0.15, 0.2) is 130 Å². The average molecular weight is 717 g/mol. The zero-order chi connectivity index (χ0) is 35.8. The molecule has 1 aliphatic heterocycles. The minimum Gasteiger partial charge on any atom is -0.496 e. The minimum absolute atomic E-state index is 0.0257. The van der Waals surface area contributed by atoms with Crippen LogP contribution in [-0.4, -0.2) is 34.2 Å². The van der Waals surface area contributed by atoms with Crippen molar-refractivity contribution in [1.82, 2.24) is 9.13 Å². The number of nitro groups is 1. The Morgan fingerprint density at radius 2 is 1.61 bits per heavy atom. The molecule has 0 saturated heterocycles. The first-order valence-corrected chi connectivity index (χ1v) is 16.9. The highest BCUT2D eigenvalue weighted by molar-refractivity contribution is 7.07. The molecule has 1 aliphatic rings. The van der Waals surface area contributed by atoms with Crippen LogP contribution in [0, 0.1) is 10.1 Å². The molecule has 7 rings (SSSR count). The van der Waals surface area contributed by atoms with E-state index in [1.807, 2.05) is 77.4 Å². The van der Waals surface area contributed by atoms with Gasteiger partial charge in [0, 0.05) is 34.0 Å². The summed E-state index contributed by atoms with van der Waals surface area (Å²) in [7, 11) is 2.79. The zero-order valence-corrected chi connectivity index (χ0v) is 29.1. The number of aromatic nitrogens is 2. The van der Waals surface area contributed by atoms with Crippen LogP contribution in [0.5, 0.6) is 5.75 Å². The van der Waals surface area contributed by atoms with Gasteiger partial charge in [-0.1, -0.05) is 83.6 Å². The van der Waals surface area contributed by atoms with Gasteiger partial charge in [-0.2, -0.15) is 0 Å². The van der Waals surface area contributed by atoms with Gasteiger partial charge in [-0.15, -0.1) is 0 Å². The summed E-state index contributed by atoms with van der Waals surface area (Å²) in [6, 6.07) is 32.0. The van der Waals surface area contributed by atoms with Crippen LogP contribution < -0.4 is 19.6 Å². The molecule has 0 unspecified atom stereocenters. The number of rotatable bonds is 8. The Balaban J connectivity index is 1.53. The number of fused-ring (bicyclic) bond motifs is 1. The van der Waals surface area contributed by atoms with Crippen LogP contribution in [-0.2, 0) is 9.53 Å². The van der Waals surface area contributed by atoms with E-state index in [1.165, 1.54) is 42.3 Å². The number of benzene rings is 4. The maximum Gasteiger partial charge on any atom is 0.338 e. The van der Waals surface area contributed by atoms with Crippen molar-refractivity contribution in [2.75, 3.05) is 14.2 Å². The van der Waals surface area contributed by atoms with Gasteiger partial charge < -0.3 is 14.0 Å². The number of carbonyl (C=O) groups excluding carboxylic acids is 1. The van der Waals surface area contributed by atoms with E-state index in [4.69, 9.17) is 26.1 Å². The molecule has 0 bridgehead atoms. The number of esters is 1.